The third-order valence-electron chi connectivity index (χ3n) is 6.20. The maximum atomic E-state index is 6.43. The molecule has 7 aromatic rings. The minimum Gasteiger partial charge on any atom is -0.216 e. The zero-order valence-electron chi connectivity index (χ0n) is 16.8. The fourth-order valence-corrected chi connectivity index (χ4v) is 6.16. The van der Waals surface area contributed by atoms with Gasteiger partial charge in [-0.1, -0.05) is 84.9 Å². The highest BCUT2D eigenvalue weighted by atomic mass is 35.5. The van der Waals surface area contributed by atoms with Gasteiger partial charge in [0.05, 0.1) is 15.9 Å². The van der Waals surface area contributed by atoms with E-state index in [-0.39, 0.29) is 5.28 Å². The molecular formula is C28H15ClN2S. The standard InChI is InChI=1S/C28H15ClN2S/c29-28-30-24(19-12-13-21-18(15-19)10-9-16-5-1-3-7-20(16)21)27-25(31-28)23-14-11-17-6-2-4-8-22(17)26(23)32-27/h1-15H. The van der Waals surface area contributed by atoms with Crippen molar-refractivity contribution in [3.05, 3.63) is 96.3 Å². The third-order valence-corrected chi connectivity index (χ3v) is 7.60. The Morgan fingerprint density at radius 3 is 2.09 bits per heavy atom. The number of nitrogens with zero attached hydrogens (tertiary/aromatic N) is 2. The lowest BCUT2D eigenvalue weighted by Gasteiger charge is -2.08. The van der Waals surface area contributed by atoms with Crippen LogP contribution in [-0.2, 0) is 0 Å². The first kappa shape index (κ1) is 18.1. The number of rotatable bonds is 1. The van der Waals surface area contributed by atoms with Crippen LogP contribution in [0.4, 0.5) is 0 Å². The first-order valence-corrected chi connectivity index (χ1v) is 11.7. The number of benzene rings is 5. The topological polar surface area (TPSA) is 25.8 Å². The second-order valence-corrected chi connectivity index (χ2v) is 9.37. The predicted molar refractivity (Wildman–Crippen MR) is 138 cm³/mol. The van der Waals surface area contributed by atoms with Gasteiger partial charge in [-0.3, -0.25) is 0 Å². The first-order chi connectivity index (χ1) is 15.8. The summed E-state index contributed by atoms with van der Waals surface area (Å²) in [6.45, 7) is 0. The van der Waals surface area contributed by atoms with Crippen molar-refractivity contribution in [3.63, 3.8) is 0 Å². The molecule has 0 atom stereocenters. The fourth-order valence-electron chi connectivity index (χ4n) is 4.70. The summed E-state index contributed by atoms with van der Waals surface area (Å²) in [5.41, 5.74) is 2.86. The van der Waals surface area contributed by atoms with E-state index >= 15 is 0 Å². The van der Waals surface area contributed by atoms with E-state index in [4.69, 9.17) is 11.6 Å². The average molecular weight is 447 g/mol. The van der Waals surface area contributed by atoms with Gasteiger partial charge in [-0.2, -0.15) is 0 Å². The Morgan fingerprint density at radius 1 is 0.562 bits per heavy atom. The van der Waals surface area contributed by atoms with Crippen LogP contribution in [-0.4, -0.2) is 9.97 Å². The largest absolute Gasteiger partial charge is 0.223 e. The van der Waals surface area contributed by atoms with Gasteiger partial charge in [0.25, 0.3) is 0 Å². The molecule has 0 fully saturated rings. The minimum atomic E-state index is 0.277. The van der Waals surface area contributed by atoms with Crippen molar-refractivity contribution >= 4 is 75.6 Å². The lowest BCUT2D eigenvalue weighted by Crippen LogP contribution is -1.89. The molecule has 5 aromatic carbocycles. The van der Waals surface area contributed by atoms with Crippen LogP contribution < -0.4 is 0 Å². The molecule has 150 valence electrons. The first-order valence-electron chi connectivity index (χ1n) is 10.5. The van der Waals surface area contributed by atoms with Crippen LogP contribution >= 0.6 is 22.9 Å². The minimum absolute atomic E-state index is 0.277. The van der Waals surface area contributed by atoms with Crippen LogP contribution in [0.15, 0.2) is 91.0 Å². The van der Waals surface area contributed by atoms with Gasteiger partial charge in [0, 0.05) is 15.6 Å². The maximum absolute atomic E-state index is 6.43. The molecule has 2 aromatic heterocycles. The van der Waals surface area contributed by atoms with E-state index in [9.17, 15) is 0 Å². The number of hydrogen-bond donors (Lipinski definition) is 0. The quantitative estimate of drug-likeness (QED) is 0.186. The smallest absolute Gasteiger partial charge is 0.216 e. The summed E-state index contributed by atoms with van der Waals surface area (Å²) in [4.78, 5) is 9.31. The lowest BCUT2D eigenvalue weighted by atomic mass is 9.99. The summed E-state index contributed by atoms with van der Waals surface area (Å²) >= 11 is 8.17. The Labute approximate surface area is 192 Å². The molecule has 0 amide bonds. The highest BCUT2D eigenvalue weighted by Crippen LogP contribution is 2.42. The summed E-state index contributed by atoms with van der Waals surface area (Å²) in [5, 5.41) is 8.80. The molecule has 0 aliphatic heterocycles. The van der Waals surface area contributed by atoms with Gasteiger partial charge in [-0.15, -0.1) is 11.3 Å². The second-order valence-electron chi connectivity index (χ2n) is 8.01. The summed E-state index contributed by atoms with van der Waals surface area (Å²) in [7, 11) is 0. The average Bonchev–Trinajstić information content (AvgIpc) is 3.22. The zero-order chi connectivity index (χ0) is 21.2. The number of hydrogen-bond acceptors (Lipinski definition) is 3. The Balaban J connectivity index is 1.54. The maximum Gasteiger partial charge on any atom is 0.223 e. The second kappa shape index (κ2) is 6.73. The van der Waals surface area contributed by atoms with Crippen LogP contribution in [0.1, 0.15) is 0 Å². The van der Waals surface area contributed by atoms with Crippen molar-refractivity contribution in [1.29, 1.82) is 0 Å². The van der Waals surface area contributed by atoms with Crippen molar-refractivity contribution in [3.8, 4) is 11.3 Å². The van der Waals surface area contributed by atoms with Gasteiger partial charge in [0.2, 0.25) is 5.28 Å². The predicted octanol–water partition coefficient (Wildman–Crippen LogP) is 8.62. The fraction of sp³-hybridized carbons (Fsp3) is 0. The van der Waals surface area contributed by atoms with Crippen LogP contribution in [0.2, 0.25) is 5.28 Å². The van der Waals surface area contributed by atoms with Gasteiger partial charge in [0.15, 0.2) is 0 Å². The van der Waals surface area contributed by atoms with Crippen molar-refractivity contribution < 1.29 is 0 Å². The summed E-state index contributed by atoms with van der Waals surface area (Å²) in [6, 6.07) is 32.2. The van der Waals surface area contributed by atoms with Crippen LogP contribution in [0, 0.1) is 0 Å². The summed E-state index contributed by atoms with van der Waals surface area (Å²) in [6.07, 6.45) is 0. The zero-order valence-corrected chi connectivity index (χ0v) is 18.4. The summed E-state index contributed by atoms with van der Waals surface area (Å²) in [5.74, 6) is 0. The normalized spacial score (nSPS) is 11.9. The molecule has 2 heterocycles. The van der Waals surface area contributed by atoms with E-state index < -0.39 is 0 Å². The molecule has 4 heteroatoms. The highest BCUT2D eigenvalue weighted by Gasteiger charge is 2.17. The van der Waals surface area contributed by atoms with Crippen LogP contribution in [0.3, 0.4) is 0 Å². The van der Waals surface area contributed by atoms with E-state index in [1.807, 2.05) is 0 Å². The molecule has 7 rings (SSSR count). The van der Waals surface area contributed by atoms with Crippen LogP contribution in [0.5, 0.6) is 0 Å². The van der Waals surface area contributed by atoms with Gasteiger partial charge in [0.1, 0.15) is 0 Å². The van der Waals surface area contributed by atoms with Gasteiger partial charge in [-0.05, 0) is 50.0 Å². The molecule has 0 saturated carbocycles. The molecule has 0 aliphatic rings. The van der Waals surface area contributed by atoms with Gasteiger partial charge in [-0.25, -0.2) is 9.97 Å². The Kier molecular flexibility index (Phi) is 3.80. The number of halogens is 1. The Morgan fingerprint density at radius 2 is 1.22 bits per heavy atom. The van der Waals surface area contributed by atoms with E-state index in [0.717, 1.165) is 26.9 Å². The van der Waals surface area contributed by atoms with Gasteiger partial charge >= 0.3 is 0 Å². The molecule has 0 unspecified atom stereocenters. The molecule has 0 spiro atoms. The van der Waals surface area contributed by atoms with E-state index in [0.29, 0.717) is 0 Å². The van der Waals surface area contributed by atoms with E-state index in [1.165, 1.54) is 37.0 Å². The molecule has 32 heavy (non-hydrogen) atoms. The number of aromatic nitrogens is 2. The summed E-state index contributed by atoms with van der Waals surface area (Å²) < 4.78 is 2.29. The van der Waals surface area contributed by atoms with Crippen molar-refractivity contribution in [1.82, 2.24) is 9.97 Å². The van der Waals surface area contributed by atoms with Crippen molar-refractivity contribution in [2.24, 2.45) is 0 Å². The molecule has 0 radical (unpaired) electrons. The molecule has 0 aliphatic carbocycles. The highest BCUT2D eigenvalue weighted by molar-refractivity contribution is 7.27. The van der Waals surface area contributed by atoms with E-state index in [1.54, 1.807) is 11.3 Å². The molecule has 2 nitrogen and oxygen atoms in total. The molecule has 0 N–H and O–H groups in total. The van der Waals surface area contributed by atoms with Crippen molar-refractivity contribution in [2.45, 2.75) is 0 Å². The number of thiophene rings is 1. The Hall–Kier alpha value is -3.53. The lowest BCUT2D eigenvalue weighted by molar-refractivity contribution is 1.24. The monoisotopic (exact) mass is 446 g/mol. The SMILES string of the molecule is Clc1nc(-c2ccc3c(ccc4ccccc43)c2)c2sc3c4ccccc4ccc3c2n1. The third kappa shape index (κ3) is 2.59. The van der Waals surface area contributed by atoms with Gasteiger partial charge < -0.3 is 0 Å². The Bertz CT molecular complexity index is 1850. The molecule has 0 saturated heterocycles. The molecular weight excluding hydrogens is 432 g/mol. The molecule has 0 bridgehead atoms. The van der Waals surface area contributed by atoms with E-state index in [2.05, 4.69) is 101 Å². The van der Waals surface area contributed by atoms with Crippen molar-refractivity contribution in [2.75, 3.05) is 0 Å². The van der Waals surface area contributed by atoms with Crippen LogP contribution in [0.25, 0.3) is 63.9 Å². The number of fused-ring (bicyclic) bond motifs is 8.